The Bertz CT molecular complexity index is 1330. The highest BCUT2D eigenvalue weighted by Gasteiger charge is 2.33. The Balaban J connectivity index is 1.65. The van der Waals surface area contributed by atoms with Gasteiger partial charge in [-0.25, -0.2) is 12.8 Å². The van der Waals surface area contributed by atoms with Crippen LogP contribution in [-0.4, -0.2) is 43.8 Å². The number of amides is 2. The first-order chi connectivity index (χ1) is 18.3. The van der Waals surface area contributed by atoms with E-state index in [1.807, 2.05) is 30.3 Å². The minimum atomic E-state index is -4.17. The third kappa shape index (κ3) is 6.58. The van der Waals surface area contributed by atoms with Gasteiger partial charge in [0.1, 0.15) is 18.4 Å². The fourth-order valence-electron chi connectivity index (χ4n) is 4.61. The Morgan fingerprint density at radius 3 is 2.11 bits per heavy atom. The molecule has 1 aliphatic rings. The summed E-state index contributed by atoms with van der Waals surface area (Å²) in [6, 6.07) is 21.2. The minimum absolute atomic E-state index is 0.00115. The highest BCUT2D eigenvalue weighted by Crippen LogP contribution is 2.25. The summed E-state index contributed by atoms with van der Waals surface area (Å²) in [7, 11) is -4.17. The van der Waals surface area contributed by atoms with Crippen molar-refractivity contribution < 1.29 is 22.4 Å². The van der Waals surface area contributed by atoms with Gasteiger partial charge in [-0.3, -0.25) is 13.9 Å². The molecule has 1 fully saturated rings. The van der Waals surface area contributed by atoms with Crippen molar-refractivity contribution in [3.63, 3.8) is 0 Å². The summed E-state index contributed by atoms with van der Waals surface area (Å²) in [6.07, 6.45) is 3.91. The standard InChI is InChI=1S/C29H32FN3O4S/c1-22(29(35)31-25-12-8-9-13-25)32(20-23-10-4-2-5-11-23)28(34)21-33(26-18-16-24(30)17-19-26)38(36,37)27-14-6-3-7-15-27/h2-7,10-11,14-19,22,25H,8-9,12-13,20-21H2,1H3,(H,31,35)/t22-/m1/s1. The normalized spacial score (nSPS) is 14.6. The van der Waals surface area contributed by atoms with Gasteiger partial charge in [-0.05, 0) is 61.7 Å². The van der Waals surface area contributed by atoms with Crippen molar-refractivity contribution >= 4 is 27.5 Å². The number of nitrogens with one attached hydrogen (secondary N) is 1. The first kappa shape index (κ1) is 27.3. The average molecular weight is 538 g/mol. The van der Waals surface area contributed by atoms with E-state index in [9.17, 15) is 22.4 Å². The van der Waals surface area contributed by atoms with Crippen LogP contribution in [0.2, 0.25) is 0 Å². The lowest BCUT2D eigenvalue weighted by atomic mass is 10.1. The number of carbonyl (C=O) groups is 2. The first-order valence-electron chi connectivity index (χ1n) is 12.7. The second-order valence-corrected chi connectivity index (χ2v) is 11.3. The molecule has 2 amide bonds. The van der Waals surface area contributed by atoms with E-state index in [2.05, 4.69) is 5.32 Å². The van der Waals surface area contributed by atoms with Gasteiger partial charge in [-0.1, -0.05) is 61.4 Å². The summed E-state index contributed by atoms with van der Waals surface area (Å²) in [4.78, 5) is 28.4. The van der Waals surface area contributed by atoms with Crippen LogP contribution in [0.25, 0.3) is 0 Å². The number of benzene rings is 3. The maximum Gasteiger partial charge on any atom is 0.264 e. The molecule has 1 aliphatic carbocycles. The molecule has 4 rings (SSSR count). The molecule has 200 valence electrons. The first-order valence-corrected chi connectivity index (χ1v) is 14.2. The molecular weight excluding hydrogens is 505 g/mol. The smallest absolute Gasteiger partial charge is 0.264 e. The molecule has 0 aliphatic heterocycles. The lowest BCUT2D eigenvalue weighted by Gasteiger charge is -2.32. The zero-order chi connectivity index (χ0) is 27.1. The number of anilines is 1. The Kier molecular flexibility index (Phi) is 8.78. The van der Waals surface area contributed by atoms with Gasteiger partial charge in [-0.15, -0.1) is 0 Å². The molecule has 0 spiro atoms. The largest absolute Gasteiger partial charge is 0.352 e. The van der Waals surface area contributed by atoms with Crippen molar-refractivity contribution in [3.8, 4) is 0 Å². The van der Waals surface area contributed by atoms with Crippen LogP contribution in [0.15, 0.2) is 89.8 Å². The summed E-state index contributed by atoms with van der Waals surface area (Å²) in [5.41, 5.74) is 0.951. The topological polar surface area (TPSA) is 86.8 Å². The van der Waals surface area contributed by atoms with E-state index in [4.69, 9.17) is 0 Å². The average Bonchev–Trinajstić information content (AvgIpc) is 3.44. The summed E-state index contributed by atoms with van der Waals surface area (Å²) in [5, 5.41) is 3.04. The van der Waals surface area contributed by atoms with Gasteiger partial charge in [-0.2, -0.15) is 0 Å². The fourth-order valence-corrected chi connectivity index (χ4v) is 6.05. The van der Waals surface area contributed by atoms with E-state index in [1.165, 1.54) is 29.2 Å². The molecule has 1 N–H and O–H groups in total. The molecule has 7 nitrogen and oxygen atoms in total. The molecule has 0 bridgehead atoms. The van der Waals surface area contributed by atoms with E-state index in [0.29, 0.717) is 0 Å². The summed E-state index contributed by atoms with van der Waals surface area (Å²) in [5.74, 6) is -1.35. The number of nitrogens with zero attached hydrogens (tertiary/aromatic N) is 2. The molecule has 0 radical (unpaired) electrons. The maximum atomic E-state index is 13.8. The van der Waals surface area contributed by atoms with Gasteiger partial charge >= 0.3 is 0 Å². The number of sulfonamides is 1. The molecular formula is C29H32FN3O4S. The number of rotatable bonds is 10. The van der Waals surface area contributed by atoms with Crippen LogP contribution in [-0.2, 0) is 26.2 Å². The fraction of sp³-hybridized carbons (Fsp3) is 0.310. The molecule has 9 heteroatoms. The van der Waals surface area contributed by atoms with Crippen molar-refractivity contribution in [2.45, 2.75) is 56.1 Å². The van der Waals surface area contributed by atoms with Crippen molar-refractivity contribution in [2.24, 2.45) is 0 Å². The summed E-state index contributed by atoms with van der Waals surface area (Å²) >= 11 is 0. The Labute approximate surface area is 223 Å². The van der Waals surface area contributed by atoms with Crippen LogP contribution < -0.4 is 9.62 Å². The zero-order valence-corrected chi connectivity index (χ0v) is 22.1. The van der Waals surface area contributed by atoms with Crippen molar-refractivity contribution in [1.82, 2.24) is 10.2 Å². The predicted octanol–water partition coefficient (Wildman–Crippen LogP) is 4.50. The number of halogens is 1. The molecule has 3 aromatic rings. The molecule has 0 aromatic heterocycles. The lowest BCUT2D eigenvalue weighted by molar-refractivity contribution is -0.139. The number of carbonyl (C=O) groups excluding carboxylic acids is 2. The van der Waals surface area contributed by atoms with Gasteiger partial charge in [0, 0.05) is 12.6 Å². The monoisotopic (exact) mass is 537 g/mol. The molecule has 38 heavy (non-hydrogen) atoms. The zero-order valence-electron chi connectivity index (χ0n) is 21.3. The van der Waals surface area contributed by atoms with E-state index >= 15 is 0 Å². The van der Waals surface area contributed by atoms with Crippen molar-refractivity contribution in [2.75, 3.05) is 10.8 Å². The second kappa shape index (κ2) is 12.2. The molecule has 0 saturated heterocycles. The molecule has 1 saturated carbocycles. The van der Waals surface area contributed by atoms with Gasteiger partial charge < -0.3 is 10.2 Å². The third-order valence-corrected chi connectivity index (χ3v) is 8.58. The van der Waals surface area contributed by atoms with Crippen molar-refractivity contribution in [3.05, 3.63) is 96.3 Å². The van der Waals surface area contributed by atoms with E-state index in [-0.39, 0.29) is 29.1 Å². The SMILES string of the molecule is C[C@H](C(=O)NC1CCCC1)N(Cc1ccccc1)C(=O)CN(c1ccc(F)cc1)S(=O)(=O)c1ccccc1. The molecule has 1 atom stereocenters. The van der Waals surface area contributed by atoms with E-state index in [0.717, 1.165) is 47.7 Å². The quantitative estimate of drug-likeness (QED) is 0.413. The minimum Gasteiger partial charge on any atom is -0.352 e. The van der Waals surface area contributed by atoms with Gasteiger partial charge in [0.2, 0.25) is 11.8 Å². The Morgan fingerprint density at radius 1 is 0.921 bits per heavy atom. The van der Waals surface area contributed by atoms with Crippen LogP contribution in [0, 0.1) is 5.82 Å². The van der Waals surface area contributed by atoms with Gasteiger partial charge in [0.15, 0.2) is 0 Å². The van der Waals surface area contributed by atoms with E-state index < -0.39 is 34.3 Å². The predicted molar refractivity (Wildman–Crippen MR) is 144 cm³/mol. The van der Waals surface area contributed by atoms with Crippen LogP contribution in [0.1, 0.15) is 38.2 Å². The van der Waals surface area contributed by atoms with Gasteiger partial charge in [0.05, 0.1) is 10.6 Å². The van der Waals surface area contributed by atoms with Gasteiger partial charge in [0.25, 0.3) is 10.0 Å². The Hall–Kier alpha value is -3.72. The maximum absolute atomic E-state index is 13.8. The lowest BCUT2D eigenvalue weighted by Crippen LogP contribution is -2.52. The van der Waals surface area contributed by atoms with Crippen molar-refractivity contribution in [1.29, 1.82) is 0 Å². The Morgan fingerprint density at radius 2 is 1.50 bits per heavy atom. The summed E-state index contributed by atoms with van der Waals surface area (Å²) in [6.45, 7) is 1.22. The van der Waals surface area contributed by atoms with Crippen LogP contribution in [0.4, 0.5) is 10.1 Å². The molecule has 0 unspecified atom stereocenters. The highest BCUT2D eigenvalue weighted by atomic mass is 32.2. The number of hydrogen-bond acceptors (Lipinski definition) is 4. The van der Waals surface area contributed by atoms with Crippen LogP contribution in [0.3, 0.4) is 0 Å². The molecule has 3 aromatic carbocycles. The summed E-state index contributed by atoms with van der Waals surface area (Å²) < 4.78 is 41.9. The van der Waals surface area contributed by atoms with E-state index in [1.54, 1.807) is 25.1 Å². The molecule has 0 heterocycles. The number of hydrogen-bond donors (Lipinski definition) is 1. The van der Waals surface area contributed by atoms with Crippen LogP contribution >= 0.6 is 0 Å². The highest BCUT2D eigenvalue weighted by molar-refractivity contribution is 7.92. The second-order valence-electron chi connectivity index (χ2n) is 9.47. The third-order valence-electron chi connectivity index (χ3n) is 6.79. The van der Waals surface area contributed by atoms with Crippen LogP contribution in [0.5, 0.6) is 0 Å².